The highest BCUT2D eigenvalue weighted by atomic mass is 16.5. The molecule has 0 atom stereocenters. The molecule has 0 saturated heterocycles. The number of ether oxygens (including phenoxy) is 1. The van der Waals surface area contributed by atoms with Crippen LogP contribution in [-0.4, -0.2) is 24.3 Å². The molecule has 2 aromatic carbocycles. The van der Waals surface area contributed by atoms with E-state index in [2.05, 4.69) is 5.32 Å². The maximum atomic E-state index is 12.1. The van der Waals surface area contributed by atoms with Crippen molar-refractivity contribution in [2.45, 2.75) is 40.0 Å². The summed E-state index contributed by atoms with van der Waals surface area (Å²) < 4.78 is 5.01. The second-order valence-corrected chi connectivity index (χ2v) is 6.44. The molecule has 0 radical (unpaired) electrons. The third-order valence-electron chi connectivity index (χ3n) is 4.42. The summed E-state index contributed by atoms with van der Waals surface area (Å²) in [5.41, 5.74) is 4.41. The number of anilines is 1. The van der Waals surface area contributed by atoms with Gasteiger partial charge in [0.25, 0.3) is 0 Å². The molecule has 2 rings (SSSR count). The molecular formula is C22H25NO4. The van der Waals surface area contributed by atoms with Crippen molar-refractivity contribution in [3.05, 3.63) is 64.7 Å². The first-order valence-corrected chi connectivity index (χ1v) is 9.04. The molecule has 1 N–H and O–H groups in total. The summed E-state index contributed by atoms with van der Waals surface area (Å²) in [5.74, 6) is -1.08. The smallest absolute Gasteiger partial charge is 0.306 e. The van der Waals surface area contributed by atoms with Crippen molar-refractivity contribution in [1.82, 2.24) is 0 Å². The number of ketones is 1. The zero-order valence-corrected chi connectivity index (χ0v) is 16.0. The molecule has 1 amide bonds. The van der Waals surface area contributed by atoms with Gasteiger partial charge in [-0.2, -0.15) is 0 Å². The lowest BCUT2D eigenvalue weighted by Gasteiger charge is -2.09. The Morgan fingerprint density at radius 3 is 2.41 bits per heavy atom. The van der Waals surface area contributed by atoms with Crippen LogP contribution in [0.5, 0.6) is 0 Å². The van der Waals surface area contributed by atoms with Crippen LogP contribution in [0.3, 0.4) is 0 Å². The fraction of sp³-hybridized carbons (Fsp3) is 0.318. The van der Waals surface area contributed by atoms with Gasteiger partial charge in [-0.25, -0.2) is 0 Å². The molecule has 5 heteroatoms. The summed E-state index contributed by atoms with van der Waals surface area (Å²) >= 11 is 0. The fourth-order valence-electron chi connectivity index (χ4n) is 2.60. The van der Waals surface area contributed by atoms with Crippen LogP contribution in [0.4, 0.5) is 5.69 Å². The van der Waals surface area contributed by atoms with Crippen LogP contribution >= 0.6 is 0 Å². The summed E-state index contributed by atoms with van der Waals surface area (Å²) in [4.78, 5) is 36.0. The Hall–Kier alpha value is -2.95. The van der Waals surface area contributed by atoms with Gasteiger partial charge in [0.2, 0.25) is 5.91 Å². The fourth-order valence-corrected chi connectivity index (χ4v) is 2.60. The van der Waals surface area contributed by atoms with Gasteiger partial charge in [0.05, 0.1) is 6.42 Å². The third-order valence-corrected chi connectivity index (χ3v) is 4.42. The van der Waals surface area contributed by atoms with Crippen molar-refractivity contribution in [2.75, 3.05) is 11.9 Å². The van der Waals surface area contributed by atoms with Crippen molar-refractivity contribution in [2.24, 2.45) is 0 Å². The van der Waals surface area contributed by atoms with E-state index in [4.69, 9.17) is 4.74 Å². The highest BCUT2D eigenvalue weighted by Gasteiger charge is 2.13. The number of aryl methyl sites for hydroxylation is 3. The van der Waals surface area contributed by atoms with E-state index >= 15 is 0 Å². The molecule has 0 fully saturated rings. The van der Waals surface area contributed by atoms with E-state index in [-0.39, 0.29) is 31.1 Å². The van der Waals surface area contributed by atoms with E-state index in [9.17, 15) is 14.4 Å². The highest BCUT2D eigenvalue weighted by molar-refractivity contribution is 5.98. The number of carbonyl (C=O) groups is 3. The zero-order chi connectivity index (χ0) is 19.8. The molecular weight excluding hydrogens is 342 g/mol. The van der Waals surface area contributed by atoms with Gasteiger partial charge in [-0.1, -0.05) is 37.3 Å². The molecule has 142 valence electrons. The van der Waals surface area contributed by atoms with Gasteiger partial charge in [0.15, 0.2) is 12.4 Å². The molecule has 5 nitrogen and oxygen atoms in total. The summed E-state index contributed by atoms with van der Waals surface area (Å²) in [6.07, 6.45) is 0.744. The van der Waals surface area contributed by atoms with E-state index in [1.54, 1.807) is 12.1 Å². The van der Waals surface area contributed by atoms with Gasteiger partial charge < -0.3 is 10.1 Å². The van der Waals surface area contributed by atoms with Gasteiger partial charge in [-0.3, -0.25) is 14.4 Å². The average molecular weight is 367 g/mol. The first-order valence-electron chi connectivity index (χ1n) is 9.04. The second kappa shape index (κ2) is 9.67. The Bertz CT molecular complexity index is 842. The van der Waals surface area contributed by atoms with E-state index in [1.165, 1.54) is 0 Å². The highest BCUT2D eigenvalue weighted by Crippen LogP contribution is 2.16. The SMILES string of the molecule is CCc1ccccc1NC(=O)CCC(=O)OCC(=O)c1ccc(C)c(C)c1. The van der Waals surface area contributed by atoms with Crippen LogP contribution < -0.4 is 5.32 Å². The topological polar surface area (TPSA) is 72.5 Å². The number of carbonyl (C=O) groups excluding carboxylic acids is 3. The maximum absolute atomic E-state index is 12.1. The summed E-state index contributed by atoms with van der Waals surface area (Å²) in [5, 5.41) is 2.81. The predicted octanol–water partition coefficient (Wildman–Crippen LogP) is 4.01. The standard InChI is InChI=1S/C22H25NO4/c1-4-17-7-5-6-8-19(17)23-21(25)11-12-22(26)27-14-20(24)18-10-9-15(2)16(3)13-18/h5-10,13H,4,11-12,14H2,1-3H3,(H,23,25). The zero-order valence-electron chi connectivity index (χ0n) is 16.0. The van der Waals surface area contributed by atoms with E-state index in [0.29, 0.717) is 5.56 Å². The Kier molecular flexibility index (Phi) is 7.29. The van der Waals surface area contributed by atoms with Gasteiger partial charge in [0, 0.05) is 17.7 Å². The lowest BCUT2D eigenvalue weighted by Crippen LogP contribution is -2.18. The summed E-state index contributed by atoms with van der Waals surface area (Å²) in [7, 11) is 0. The molecule has 0 aliphatic heterocycles. The van der Waals surface area contributed by atoms with Crippen molar-refractivity contribution < 1.29 is 19.1 Å². The minimum Gasteiger partial charge on any atom is -0.457 e. The maximum Gasteiger partial charge on any atom is 0.306 e. The number of Topliss-reactive ketones (excluding diaryl/α,β-unsaturated/α-hetero) is 1. The lowest BCUT2D eigenvalue weighted by atomic mass is 10.0. The average Bonchev–Trinajstić information content (AvgIpc) is 2.67. The van der Waals surface area contributed by atoms with Crippen molar-refractivity contribution in [1.29, 1.82) is 0 Å². The van der Waals surface area contributed by atoms with E-state index < -0.39 is 5.97 Å². The molecule has 0 bridgehead atoms. The van der Waals surface area contributed by atoms with E-state index in [0.717, 1.165) is 28.8 Å². The number of para-hydroxylation sites is 1. The second-order valence-electron chi connectivity index (χ2n) is 6.44. The van der Waals surface area contributed by atoms with Gasteiger partial charge in [0.1, 0.15) is 0 Å². The number of hydrogen-bond acceptors (Lipinski definition) is 4. The van der Waals surface area contributed by atoms with Gasteiger partial charge in [-0.15, -0.1) is 0 Å². The van der Waals surface area contributed by atoms with Crippen LogP contribution in [0.2, 0.25) is 0 Å². The number of esters is 1. The number of rotatable bonds is 8. The minimum atomic E-state index is -0.564. The Morgan fingerprint density at radius 1 is 0.963 bits per heavy atom. The lowest BCUT2D eigenvalue weighted by molar-refractivity contribution is -0.143. The monoisotopic (exact) mass is 367 g/mol. The molecule has 0 heterocycles. The van der Waals surface area contributed by atoms with Crippen LogP contribution in [-0.2, 0) is 20.7 Å². The van der Waals surface area contributed by atoms with Crippen LogP contribution in [0.15, 0.2) is 42.5 Å². The summed E-state index contributed by atoms with van der Waals surface area (Å²) in [6, 6.07) is 12.9. The molecule has 2 aromatic rings. The predicted molar refractivity (Wildman–Crippen MR) is 105 cm³/mol. The minimum absolute atomic E-state index is 0.00864. The molecule has 27 heavy (non-hydrogen) atoms. The third kappa shape index (κ3) is 6.06. The largest absolute Gasteiger partial charge is 0.457 e. The molecule has 0 aromatic heterocycles. The van der Waals surface area contributed by atoms with Crippen molar-refractivity contribution in [3.8, 4) is 0 Å². The number of amides is 1. The number of hydrogen-bond donors (Lipinski definition) is 1. The number of benzene rings is 2. The van der Waals surface area contributed by atoms with Crippen LogP contribution in [0.1, 0.15) is 46.8 Å². The van der Waals surface area contributed by atoms with Gasteiger partial charge in [-0.05, 0) is 49.1 Å². The quantitative estimate of drug-likeness (QED) is 0.565. The van der Waals surface area contributed by atoms with Gasteiger partial charge >= 0.3 is 5.97 Å². The first kappa shape index (κ1) is 20.4. The first-order chi connectivity index (χ1) is 12.9. The Morgan fingerprint density at radius 2 is 1.70 bits per heavy atom. The summed E-state index contributed by atoms with van der Waals surface area (Å²) in [6.45, 7) is 5.58. The Labute approximate surface area is 159 Å². The van der Waals surface area contributed by atoms with E-state index in [1.807, 2.05) is 51.1 Å². The van der Waals surface area contributed by atoms with Crippen molar-refractivity contribution >= 4 is 23.3 Å². The van der Waals surface area contributed by atoms with Crippen LogP contribution in [0.25, 0.3) is 0 Å². The van der Waals surface area contributed by atoms with Crippen molar-refractivity contribution in [3.63, 3.8) is 0 Å². The number of nitrogens with one attached hydrogen (secondary N) is 1. The van der Waals surface area contributed by atoms with Crippen LogP contribution in [0, 0.1) is 13.8 Å². The Balaban J connectivity index is 1.77. The molecule has 0 aliphatic carbocycles. The normalized spacial score (nSPS) is 10.3. The molecule has 0 unspecified atom stereocenters. The molecule has 0 saturated carbocycles. The molecule has 0 aliphatic rings. The molecule has 0 spiro atoms.